The van der Waals surface area contributed by atoms with E-state index in [0.717, 1.165) is 4.31 Å². The zero-order chi connectivity index (χ0) is 11.2. The molecular formula is C9H10N2O3S. The molecule has 0 bridgehead atoms. The number of nitrogens with zero attached hydrogens (tertiary/aromatic N) is 1. The minimum absolute atomic E-state index is 0.103. The van der Waals surface area contributed by atoms with Gasteiger partial charge in [-0.05, 0) is 17.7 Å². The summed E-state index contributed by atoms with van der Waals surface area (Å²) in [6.07, 6.45) is 0.103. The summed E-state index contributed by atoms with van der Waals surface area (Å²) in [5, 5.41) is 0. The lowest BCUT2D eigenvalue weighted by Gasteiger charge is -2.24. The third kappa shape index (κ3) is 1.37. The third-order valence-electron chi connectivity index (χ3n) is 2.42. The summed E-state index contributed by atoms with van der Waals surface area (Å²) < 4.78 is 24.4. The van der Waals surface area contributed by atoms with Crippen LogP contribution in [0.4, 0.5) is 5.69 Å². The highest BCUT2D eigenvalue weighted by molar-refractivity contribution is 7.89. The first-order chi connectivity index (χ1) is 6.93. The molecule has 1 aliphatic heterocycles. The van der Waals surface area contributed by atoms with E-state index in [9.17, 15) is 13.2 Å². The van der Waals surface area contributed by atoms with Crippen LogP contribution in [0, 0.1) is 0 Å². The first-order valence-corrected chi connectivity index (χ1v) is 5.77. The summed E-state index contributed by atoms with van der Waals surface area (Å²) in [4.78, 5) is 11.5. The number of hydrogen-bond acceptors (Lipinski definition) is 4. The number of anilines is 1. The first kappa shape index (κ1) is 9.97. The van der Waals surface area contributed by atoms with Gasteiger partial charge in [0.2, 0.25) is 5.91 Å². The van der Waals surface area contributed by atoms with E-state index in [4.69, 9.17) is 5.73 Å². The Kier molecular flexibility index (Phi) is 1.97. The molecule has 1 heterocycles. The van der Waals surface area contributed by atoms with Gasteiger partial charge in [0.1, 0.15) is 0 Å². The highest BCUT2D eigenvalue weighted by Crippen LogP contribution is 2.27. The molecule has 0 unspecified atom stereocenters. The van der Waals surface area contributed by atoms with Crippen molar-refractivity contribution in [3.63, 3.8) is 0 Å². The quantitative estimate of drug-likeness (QED) is 0.630. The molecule has 6 heteroatoms. The number of nitrogens with two attached hydrogens (primary N) is 1. The normalized spacial score (nSPS) is 18.7. The minimum atomic E-state index is -3.69. The van der Waals surface area contributed by atoms with E-state index < -0.39 is 15.9 Å². The van der Waals surface area contributed by atoms with Crippen LogP contribution in [0.5, 0.6) is 0 Å². The molecule has 0 aromatic heterocycles. The summed E-state index contributed by atoms with van der Waals surface area (Å²) >= 11 is 0. The van der Waals surface area contributed by atoms with Crippen molar-refractivity contribution < 1.29 is 13.2 Å². The standard InChI is InChI=1S/C9H10N2O3S/c1-11-9(12)4-6-2-3-7(10)5-8(6)15(11,13)14/h2-3,5H,4,10H2,1H3. The van der Waals surface area contributed by atoms with Crippen LogP contribution in [0.1, 0.15) is 5.56 Å². The Morgan fingerprint density at radius 2 is 2.07 bits per heavy atom. The average molecular weight is 226 g/mol. The van der Waals surface area contributed by atoms with E-state index in [-0.39, 0.29) is 11.3 Å². The monoisotopic (exact) mass is 226 g/mol. The Morgan fingerprint density at radius 3 is 2.73 bits per heavy atom. The Bertz CT molecular complexity index is 536. The first-order valence-electron chi connectivity index (χ1n) is 4.33. The Balaban J connectivity index is 2.73. The second-order valence-corrected chi connectivity index (χ2v) is 5.35. The fourth-order valence-electron chi connectivity index (χ4n) is 1.51. The van der Waals surface area contributed by atoms with Gasteiger partial charge in [-0.3, -0.25) is 4.79 Å². The van der Waals surface area contributed by atoms with Gasteiger partial charge >= 0.3 is 0 Å². The maximum Gasteiger partial charge on any atom is 0.266 e. The lowest BCUT2D eigenvalue weighted by Crippen LogP contribution is -2.38. The zero-order valence-electron chi connectivity index (χ0n) is 8.10. The van der Waals surface area contributed by atoms with Gasteiger partial charge in [0, 0.05) is 12.7 Å². The summed E-state index contributed by atoms with van der Waals surface area (Å²) in [6.45, 7) is 0. The molecule has 1 aliphatic rings. The minimum Gasteiger partial charge on any atom is -0.399 e. The summed E-state index contributed by atoms with van der Waals surface area (Å²) in [7, 11) is -2.43. The van der Waals surface area contributed by atoms with Crippen LogP contribution in [0.2, 0.25) is 0 Å². The molecule has 1 aromatic rings. The van der Waals surface area contributed by atoms with Crippen LogP contribution in [0.3, 0.4) is 0 Å². The van der Waals surface area contributed by atoms with Crippen LogP contribution in [0.15, 0.2) is 23.1 Å². The fraction of sp³-hybridized carbons (Fsp3) is 0.222. The van der Waals surface area contributed by atoms with Crippen molar-refractivity contribution in [3.05, 3.63) is 23.8 Å². The Morgan fingerprint density at radius 1 is 1.40 bits per heavy atom. The van der Waals surface area contributed by atoms with Gasteiger partial charge in [-0.15, -0.1) is 0 Å². The van der Waals surface area contributed by atoms with E-state index in [1.807, 2.05) is 0 Å². The van der Waals surface area contributed by atoms with Crippen molar-refractivity contribution in [3.8, 4) is 0 Å². The van der Waals surface area contributed by atoms with Crippen molar-refractivity contribution in [2.24, 2.45) is 0 Å². The van der Waals surface area contributed by atoms with Gasteiger partial charge in [-0.1, -0.05) is 6.07 Å². The molecule has 1 amide bonds. The van der Waals surface area contributed by atoms with Gasteiger partial charge in [0.15, 0.2) is 0 Å². The summed E-state index contributed by atoms with van der Waals surface area (Å²) in [6, 6.07) is 4.55. The number of benzene rings is 1. The van der Waals surface area contributed by atoms with Crippen LogP contribution >= 0.6 is 0 Å². The zero-order valence-corrected chi connectivity index (χ0v) is 8.91. The van der Waals surface area contributed by atoms with Gasteiger partial charge < -0.3 is 5.73 Å². The van der Waals surface area contributed by atoms with E-state index >= 15 is 0 Å². The smallest absolute Gasteiger partial charge is 0.266 e. The number of nitrogen functional groups attached to an aromatic ring is 1. The summed E-state index contributed by atoms with van der Waals surface area (Å²) in [5.41, 5.74) is 6.40. The van der Waals surface area contributed by atoms with Crippen molar-refractivity contribution in [1.82, 2.24) is 4.31 Å². The van der Waals surface area contributed by atoms with Gasteiger partial charge in [-0.25, -0.2) is 12.7 Å². The van der Waals surface area contributed by atoms with E-state index in [2.05, 4.69) is 0 Å². The number of carbonyl (C=O) groups is 1. The molecule has 80 valence electrons. The fourth-order valence-corrected chi connectivity index (χ4v) is 2.90. The van der Waals surface area contributed by atoms with Crippen molar-refractivity contribution in [2.45, 2.75) is 11.3 Å². The Hall–Kier alpha value is -1.56. The molecule has 0 spiro atoms. The number of likely N-dealkylation sites (N-methyl/N-ethyl adjacent to an activating group) is 1. The van der Waals surface area contributed by atoms with E-state index in [0.29, 0.717) is 11.3 Å². The van der Waals surface area contributed by atoms with Crippen LogP contribution in [-0.2, 0) is 21.2 Å². The van der Waals surface area contributed by atoms with Crippen LogP contribution in [-0.4, -0.2) is 25.7 Å². The molecule has 2 N–H and O–H groups in total. The molecule has 0 atom stereocenters. The predicted octanol–water partition coefficient (Wildman–Crippen LogP) is -0.0280. The lowest BCUT2D eigenvalue weighted by atomic mass is 10.1. The maximum atomic E-state index is 11.8. The number of sulfonamides is 1. The number of amides is 1. The van der Waals surface area contributed by atoms with Crippen LogP contribution < -0.4 is 5.73 Å². The third-order valence-corrected chi connectivity index (χ3v) is 4.28. The highest BCUT2D eigenvalue weighted by Gasteiger charge is 2.33. The largest absolute Gasteiger partial charge is 0.399 e. The van der Waals surface area contributed by atoms with Crippen molar-refractivity contribution in [2.75, 3.05) is 12.8 Å². The Labute approximate surface area is 87.5 Å². The van der Waals surface area contributed by atoms with Gasteiger partial charge in [0.25, 0.3) is 10.0 Å². The highest BCUT2D eigenvalue weighted by atomic mass is 32.2. The average Bonchev–Trinajstić information content (AvgIpc) is 2.17. The number of carbonyl (C=O) groups excluding carboxylic acids is 1. The predicted molar refractivity (Wildman–Crippen MR) is 54.5 cm³/mol. The molecule has 0 radical (unpaired) electrons. The van der Waals surface area contributed by atoms with E-state index in [1.165, 1.54) is 13.1 Å². The van der Waals surface area contributed by atoms with Gasteiger partial charge in [-0.2, -0.15) is 0 Å². The van der Waals surface area contributed by atoms with E-state index in [1.54, 1.807) is 12.1 Å². The van der Waals surface area contributed by atoms with Gasteiger partial charge in [0.05, 0.1) is 11.3 Å². The number of rotatable bonds is 0. The summed E-state index contributed by atoms with van der Waals surface area (Å²) in [5.74, 6) is -0.424. The molecule has 0 fully saturated rings. The maximum absolute atomic E-state index is 11.8. The molecule has 0 aliphatic carbocycles. The molecule has 5 nitrogen and oxygen atoms in total. The molecule has 15 heavy (non-hydrogen) atoms. The molecule has 0 saturated carbocycles. The molecule has 2 rings (SSSR count). The molecular weight excluding hydrogens is 216 g/mol. The number of hydrogen-bond donors (Lipinski definition) is 1. The second kappa shape index (κ2) is 2.96. The molecule has 1 aromatic carbocycles. The topological polar surface area (TPSA) is 80.5 Å². The van der Waals surface area contributed by atoms with Crippen molar-refractivity contribution in [1.29, 1.82) is 0 Å². The van der Waals surface area contributed by atoms with Crippen molar-refractivity contribution >= 4 is 21.6 Å². The molecule has 0 saturated heterocycles. The SMILES string of the molecule is CN1C(=O)Cc2ccc(N)cc2S1(=O)=O. The number of fused-ring (bicyclic) bond motifs is 1. The lowest BCUT2D eigenvalue weighted by molar-refractivity contribution is -0.125. The second-order valence-electron chi connectivity index (χ2n) is 3.41. The van der Waals surface area contributed by atoms with Crippen LogP contribution in [0.25, 0.3) is 0 Å².